The van der Waals surface area contributed by atoms with Gasteiger partial charge in [0.25, 0.3) is 5.01 Å². The zero-order chi connectivity index (χ0) is 19.5. The third-order valence-electron chi connectivity index (χ3n) is 5.05. The summed E-state index contributed by atoms with van der Waals surface area (Å²) in [6.45, 7) is 10.0. The maximum absolute atomic E-state index is 5.52. The summed E-state index contributed by atoms with van der Waals surface area (Å²) in [7, 11) is 0. The van der Waals surface area contributed by atoms with Crippen molar-refractivity contribution < 1.29 is 9.30 Å². The molecule has 3 nitrogen and oxygen atoms in total. The van der Waals surface area contributed by atoms with E-state index in [-0.39, 0.29) is 0 Å². The third-order valence-corrected chi connectivity index (χ3v) is 7.26. The fourth-order valence-electron chi connectivity index (χ4n) is 3.67. The second-order valence-electron chi connectivity index (χ2n) is 6.73. The van der Waals surface area contributed by atoms with E-state index >= 15 is 0 Å². The quantitative estimate of drug-likeness (QED) is 0.365. The minimum absolute atomic E-state index is 0.781. The predicted molar refractivity (Wildman–Crippen MR) is 121 cm³/mol. The van der Waals surface area contributed by atoms with E-state index in [1.54, 1.807) is 0 Å². The highest BCUT2D eigenvalue weighted by atomic mass is 32.2. The van der Waals surface area contributed by atoms with Crippen LogP contribution in [0.25, 0.3) is 16.3 Å². The molecule has 2 heterocycles. The van der Waals surface area contributed by atoms with Crippen molar-refractivity contribution in [2.75, 3.05) is 24.7 Å². The number of benzene rings is 2. The number of thiazole rings is 1. The second kappa shape index (κ2) is 8.68. The van der Waals surface area contributed by atoms with E-state index in [0.29, 0.717) is 0 Å². The van der Waals surface area contributed by atoms with E-state index < -0.39 is 0 Å². The van der Waals surface area contributed by atoms with Gasteiger partial charge in [-0.3, -0.25) is 0 Å². The Balaban J connectivity index is 1.69. The molecule has 0 spiro atoms. The van der Waals surface area contributed by atoms with Crippen LogP contribution in [-0.2, 0) is 17.7 Å². The van der Waals surface area contributed by atoms with E-state index in [4.69, 9.17) is 4.74 Å². The average Bonchev–Trinajstić information content (AvgIpc) is 3.24. The van der Waals surface area contributed by atoms with Crippen molar-refractivity contribution in [1.29, 1.82) is 0 Å². The molecule has 0 unspecified atom stereocenters. The fourth-order valence-corrected chi connectivity index (χ4v) is 6.13. The number of fused-ring (bicyclic) bond motifs is 2. The van der Waals surface area contributed by atoms with Gasteiger partial charge in [-0.2, -0.15) is 4.57 Å². The number of hydrogen-bond acceptors (Lipinski definition) is 4. The monoisotopic (exact) mass is 411 g/mol. The molecule has 1 aromatic heterocycles. The van der Waals surface area contributed by atoms with Crippen LogP contribution in [0.2, 0.25) is 0 Å². The number of hydrogen-bond donors (Lipinski definition) is 0. The maximum atomic E-state index is 5.52. The van der Waals surface area contributed by atoms with Gasteiger partial charge in [0.2, 0.25) is 5.52 Å². The highest BCUT2D eigenvalue weighted by Crippen LogP contribution is 2.46. The standard InChI is InChI=1S/C23H27N2OS2/c1-4-24-18-9-7-8-10-20(18)27-22(24)16-23-25(5-2)19-12-11-17(13-14-26-6-3)15-21(19)28-23/h7-12,15-16H,4-6,13-14H2,1-3H3/q+1. The van der Waals surface area contributed by atoms with Crippen LogP contribution < -0.4 is 9.47 Å². The van der Waals surface area contributed by atoms with E-state index in [1.165, 1.54) is 36.4 Å². The SMILES string of the molecule is CCOCCc1ccc2c(c1)sc(/C=C1\Sc3ccccc3N1CC)[n+]2CC. The molecule has 1 aliphatic rings. The molecule has 3 aromatic rings. The minimum Gasteiger partial charge on any atom is -0.381 e. The Morgan fingerprint density at radius 1 is 1.11 bits per heavy atom. The summed E-state index contributed by atoms with van der Waals surface area (Å²) in [5.74, 6) is 0. The summed E-state index contributed by atoms with van der Waals surface area (Å²) in [6, 6.07) is 15.5. The molecule has 0 saturated heterocycles. The summed E-state index contributed by atoms with van der Waals surface area (Å²) in [5, 5.41) is 2.63. The van der Waals surface area contributed by atoms with Crippen molar-refractivity contribution in [3.63, 3.8) is 0 Å². The Labute approximate surface area is 175 Å². The van der Waals surface area contributed by atoms with Crippen LogP contribution in [0.5, 0.6) is 0 Å². The Morgan fingerprint density at radius 3 is 2.75 bits per heavy atom. The topological polar surface area (TPSA) is 16.4 Å². The van der Waals surface area contributed by atoms with Crippen LogP contribution in [0.3, 0.4) is 0 Å². The lowest BCUT2D eigenvalue weighted by Crippen LogP contribution is -2.33. The first-order chi connectivity index (χ1) is 13.7. The Bertz CT molecular complexity index is 1010. The van der Waals surface area contributed by atoms with Crippen LogP contribution in [0.15, 0.2) is 52.4 Å². The lowest BCUT2D eigenvalue weighted by Gasteiger charge is -2.17. The summed E-state index contributed by atoms with van der Waals surface area (Å²) in [6.07, 6.45) is 3.33. The molecule has 28 heavy (non-hydrogen) atoms. The van der Waals surface area contributed by atoms with Crippen LogP contribution in [-0.4, -0.2) is 19.8 Å². The molecular formula is C23H27N2OS2+. The normalized spacial score (nSPS) is 15.0. The van der Waals surface area contributed by atoms with Crippen LogP contribution in [0, 0.1) is 0 Å². The number of thioether (sulfide) groups is 1. The predicted octanol–water partition coefficient (Wildman–Crippen LogP) is 5.72. The highest BCUT2D eigenvalue weighted by molar-refractivity contribution is 8.03. The molecule has 0 fully saturated rings. The van der Waals surface area contributed by atoms with Crippen LogP contribution >= 0.6 is 23.1 Å². The van der Waals surface area contributed by atoms with Gasteiger partial charge in [0, 0.05) is 24.1 Å². The molecule has 4 rings (SSSR count). The van der Waals surface area contributed by atoms with Gasteiger partial charge in [-0.15, -0.1) is 0 Å². The summed E-state index contributed by atoms with van der Waals surface area (Å²) >= 11 is 3.76. The van der Waals surface area contributed by atoms with Gasteiger partial charge in [-0.25, -0.2) is 0 Å². The van der Waals surface area contributed by atoms with E-state index in [2.05, 4.69) is 71.9 Å². The number of ether oxygens (including phenoxy) is 1. The second-order valence-corrected chi connectivity index (χ2v) is 8.85. The van der Waals surface area contributed by atoms with E-state index in [9.17, 15) is 0 Å². The van der Waals surface area contributed by atoms with Crippen LogP contribution in [0.1, 0.15) is 31.3 Å². The number of anilines is 1. The Kier molecular flexibility index (Phi) is 6.04. The molecule has 0 bridgehead atoms. The molecule has 146 valence electrons. The number of aryl methyl sites for hydroxylation is 1. The zero-order valence-electron chi connectivity index (χ0n) is 16.8. The largest absolute Gasteiger partial charge is 0.381 e. The van der Waals surface area contributed by atoms with E-state index in [0.717, 1.165) is 32.7 Å². The lowest BCUT2D eigenvalue weighted by molar-refractivity contribution is -0.665. The van der Waals surface area contributed by atoms with Crippen molar-refractivity contribution in [2.45, 2.75) is 38.6 Å². The summed E-state index contributed by atoms with van der Waals surface area (Å²) < 4.78 is 9.30. The third kappa shape index (κ3) is 3.71. The Hall–Kier alpha value is -1.82. The first-order valence-electron chi connectivity index (χ1n) is 10.0. The maximum Gasteiger partial charge on any atom is 0.265 e. The molecule has 0 amide bonds. The number of aromatic nitrogens is 1. The van der Waals surface area contributed by atoms with Crippen molar-refractivity contribution in [3.05, 3.63) is 58.1 Å². The van der Waals surface area contributed by atoms with Crippen molar-refractivity contribution in [3.8, 4) is 0 Å². The molecule has 0 atom stereocenters. The molecule has 5 heteroatoms. The first kappa shape index (κ1) is 19.5. The number of rotatable bonds is 7. The molecular weight excluding hydrogens is 384 g/mol. The molecule has 1 aliphatic heterocycles. The molecule has 0 N–H and O–H groups in total. The van der Waals surface area contributed by atoms with Gasteiger partial charge in [-0.1, -0.05) is 41.3 Å². The summed E-state index contributed by atoms with van der Waals surface area (Å²) in [4.78, 5) is 3.76. The van der Waals surface area contributed by atoms with Gasteiger partial charge < -0.3 is 9.64 Å². The van der Waals surface area contributed by atoms with Gasteiger partial charge in [0.05, 0.1) is 23.4 Å². The minimum atomic E-state index is 0.781. The smallest absolute Gasteiger partial charge is 0.265 e. The van der Waals surface area contributed by atoms with Gasteiger partial charge in [0.1, 0.15) is 11.2 Å². The van der Waals surface area contributed by atoms with E-state index in [1.807, 2.05) is 30.0 Å². The number of para-hydroxylation sites is 1. The number of nitrogens with zero attached hydrogens (tertiary/aromatic N) is 2. The van der Waals surface area contributed by atoms with Crippen molar-refractivity contribution in [2.24, 2.45) is 0 Å². The summed E-state index contributed by atoms with van der Waals surface area (Å²) in [5.41, 5.74) is 3.99. The van der Waals surface area contributed by atoms with Crippen molar-refractivity contribution in [1.82, 2.24) is 0 Å². The zero-order valence-corrected chi connectivity index (χ0v) is 18.4. The highest BCUT2D eigenvalue weighted by Gasteiger charge is 2.26. The average molecular weight is 412 g/mol. The first-order valence-corrected chi connectivity index (χ1v) is 11.7. The van der Waals surface area contributed by atoms with Crippen molar-refractivity contribution >= 4 is 45.1 Å². The molecule has 2 aromatic carbocycles. The lowest BCUT2D eigenvalue weighted by atomic mass is 10.1. The molecule has 0 aliphatic carbocycles. The van der Waals surface area contributed by atoms with Gasteiger partial charge in [0.15, 0.2) is 0 Å². The van der Waals surface area contributed by atoms with Gasteiger partial charge in [-0.05, 0) is 51.0 Å². The fraction of sp³-hybridized carbons (Fsp3) is 0.348. The molecule has 0 radical (unpaired) electrons. The van der Waals surface area contributed by atoms with Gasteiger partial charge >= 0.3 is 0 Å². The Morgan fingerprint density at radius 2 is 1.96 bits per heavy atom. The molecule has 0 saturated carbocycles. The van der Waals surface area contributed by atoms with Crippen LogP contribution in [0.4, 0.5) is 5.69 Å².